The predicted octanol–water partition coefficient (Wildman–Crippen LogP) is 3.07. The highest BCUT2D eigenvalue weighted by molar-refractivity contribution is 7.07. The lowest BCUT2D eigenvalue weighted by molar-refractivity contribution is -0.0512. The van der Waals surface area contributed by atoms with Gasteiger partial charge in [-0.15, -0.1) is 0 Å². The van der Waals surface area contributed by atoms with Crippen LogP contribution in [0, 0.1) is 0 Å². The molecule has 0 amide bonds. The van der Waals surface area contributed by atoms with Crippen molar-refractivity contribution in [1.29, 1.82) is 0 Å². The van der Waals surface area contributed by atoms with E-state index in [1.807, 2.05) is 31.2 Å². The Labute approximate surface area is 179 Å². The third-order valence-corrected chi connectivity index (χ3v) is 6.35. The van der Waals surface area contributed by atoms with E-state index in [0.29, 0.717) is 21.3 Å². The third kappa shape index (κ3) is 3.38. The van der Waals surface area contributed by atoms with Crippen LogP contribution in [0.5, 0.6) is 17.2 Å². The Balaban J connectivity index is 1.63. The molecule has 5 rings (SSSR count). The predicted molar refractivity (Wildman–Crippen MR) is 111 cm³/mol. The summed E-state index contributed by atoms with van der Waals surface area (Å²) in [5.41, 5.74) is 0.697. The molecule has 2 atom stereocenters. The Morgan fingerprint density at radius 2 is 2.10 bits per heavy atom. The van der Waals surface area contributed by atoms with E-state index in [-0.39, 0.29) is 23.1 Å². The number of fused-ring (bicyclic) bond motifs is 6. The minimum atomic E-state index is -2.95. The molecule has 2 unspecified atom stereocenters. The van der Waals surface area contributed by atoms with Gasteiger partial charge >= 0.3 is 6.61 Å². The zero-order valence-electron chi connectivity index (χ0n) is 16.7. The first-order valence-corrected chi connectivity index (χ1v) is 10.4. The lowest BCUT2D eigenvalue weighted by Crippen LogP contribution is -2.49. The summed E-state index contributed by atoms with van der Waals surface area (Å²) in [6.45, 7) is -1.04. The molecule has 0 N–H and O–H groups in total. The molecule has 0 fully saturated rings. The van der Waals surface area contributed by atoms with Gasteiger partial charge in [0.15, 0.2) is 16.3 Å². The van der Waals surface area contributed by atoms with Crippen molar-refractivity contribution in [3.05, 3.63) is 73.3 Å². The van der Waals surface area contributed by atoms with Gasteiger partial charge in [-0.3, -0.25) is 9.36 Å². The summed E-state index contributed by atoms with van der Waals surface area (Å²) < 4.78 is 43.0. The summed E-state index contributed by atoms with van der Waals surface area (Å²) >= 11 is 1.27. The van der Waals surface area contributed by atoms with Gasteiger partial charge in [0, 0.05) is 12.0 Å². The normalized spacial score (nSPS) is 21.7. The van der Waals surface area contributed by atoms with Gasteiger partial charge in [0.05, 0.1) is 17.7 Å². The van der Waals surface area contributed by atoms with Crippen molar-refractivity contribution in [1.82, 2.24) is 4.57 Å². The largest absolute Gasteiger partial charge is 0.493 e. The fourth-order valence-electron chi connectivity index (χ4n) is 4.06. The standard InChI is InChI=1S/C22H18F2N2O4S/c1-22-11-14(13-5-3-4-6-15(13)30-22)26-19(27)18(31-21(26)25-22)10-12-7-8-16(29-20(23)24)17(9-12)28-2/h3-10,14,20H,11H2,1-2H3/b18-10+. The fourth-order valence-corrected chi connectivity index (χ4v) is 5.18. The average Bonchev–Trinajstić information content (AvgIpc) is 3.02. The van der Waals surface area contributed by atoms with E-state index in [2.05, 4.69) is 4.74 Å². The van der Waals surface area contributed by atoms with Crippen LogP contribution in [0.15, 0.2) is 52.3 Å². The van der Waals surface area contributed by atoms with Gasteiger partial charge in [-0.1, -0.05) is 35.6 Å². The molecule has 6 nitrogen and oxygen atoms in total. The molecule has 3 aromatic rings. The van der Waals surface area contributed by atoms with Crippen molar-refractivity contribution in [2.75, 3.05) is 7.11 Å². The van der Waals surface area contributed by atoms with Crippen LogP contribution >= 0.6 is 11.3 Å². The van der Waals surface area contributed by atoms with Gasteiger partial charge in [0.2, 0.25) is 5.72 Å². The van der Waals surface area contributed by atoms with Crippen LogP contribution in [0.2, 0.25) is 0 Å². The summed E-state index contributed by atoms with van der Waals surface area (Å²) in [7, 11) is 1.37. The molecule has 2 aliphatic rings. The molecule has 2 aliphatic heterocycles. The molecule has 0 saturated heterocycles. The monoisotopic (exact) mass is 444 g/mol. The van der Waals surface area contributed by atoms with Gasteiger partial charge in [-0.2, -0.15) is 8.78 Å². The Bertz CT molecular complexity index is 1350. The Morgan fingerprint density at radius 3 is 2.87 bits per heavy atom. The van der Waals surface area contributed by atoms with Crippen molar-refractivity contribution < 1.29 is 23.0 Å². The number of halogens is 2. The van der Waals surface area contributed by atoms with E-state index in [1.165, 1.54) is 24.5 Å². The first-order chi connectivity index (χ1) is 14.9. The smallest absolute Gasteiger partial charge is 0.387 e. The second kappa shape index (κ2) is 7.19. The lowest BCUT2D eigenvalue weighted by atomic mass is 9.93. The molecular weight excluding hydrogens is 426 g/mol. The van der Waals surface area contributed by atoms with Crippen LogP contribution < -0.4 is 29.1 Å². The SMILES string of the molecule is COc1cc(/C=c2/sc3n(c2=O)C2CC(C)(N=3)Oc3ccccc32)ccc1OC(F)F. The van der Waals surface area contributed by atoms with Crippen molar-refractivity contribution in [3.63, 3.8) is 0 Å². The van der Waals surface area contributed by atoms with Crippen LogP contribution in [0.4, 0.5) is 8.78 Å². The maximum Gasteiger partial charge on any atom is 0.387 e. The second-order valence-corrected chi connectivity index (χ2v) is 8.51. The van der Waals surface area contributed by atoms with Crippen molar-refractivity contribution >= 4 is 17.4 Å². The summed E-state index contributed by atoms with van der Waals surface area (Å²) in [5.74, 6) is 0.826. The quantitative estimate of drug-likeness (QED) is 0.621. The highest BCUT2D eigenvalue weighted by Crippen LogP contribution is 2.42. The number of methoxy groups -OCH3 is 1. The molecule has 160 valence electrons. The Morgan fingerprint density at radius 1 is 1.29 bits per heavy atom. The van der Waals surface area contributed by atoms with Gasteiger partial charge in [-0.05, 0) is 36.8 Å². The maximum atomic E-state index is 13.3. The number of hydrogen-bond donors (Lipinski definition) is 0. The van der Waals surface area contributed by atoms with E-state index in [4.69, 9.17) is 14.5 Å². The average molecular weight is 444 g/mol. The van der Waals surface area contributed by atoms with E-state index in [0.717, 1.165) is 11.3 Å². The molecule has 0 spiro atoms. The van der Waals surface area contributed by atoms with Crippen molar-refractivity contribution in [2.45, 2.75) is 31.7 Å². The summed E-state index contributed by atoms with van der Waals surface area (Å²) in [6.07, 6.45) is 2.27. The lowest BCUT2D eigenvalue weighted by Gasteiger charge is -2.39. The molecule has 9 heteroatoms. The van der Waals surface area contributed by atoms with E-state index < -0.39 is 12.3 Å². The minimum absolute atomic E-state index is 0.0673. The van der Waals surface area contributed by atoms with Gasteiger partial charge in [0.1, 0.15) is 5.75 Å². The highest BCUT2D eigenvalue weighted by atomic mass is 32.1. The molecule has 3 heterocycles. The van der Waals surface area contributed by atoms with Gasteiger partial charge in [-0.25, -0.2) is 4.99 Å². The number of benzene rings is 2. The second-order valence-electron chi connectivity index (χ2n) is 7.50. The highest BCUT2D eigenvalue weighted by Gasteiger charge is 2.42. The number of aromatic nitrogens is 1. The first kappa shape index (κ1) is 19.7. The molecular formula is C22H18F2N2O4S. The van der Waals surface area contributed by atoms with E-state index in [9.17, 15) is 13.6 Å². The number of para-hydroxylation sites is 1. The first-order valence-electron chi connectivity index (χ1n) is 9.61. The number of alkyl halides is 2. The van der Waals surface area contributed by atoms with E-state index >= 15 is 0 Å². The molecule has 1 aromatic heterocycles. The van der Waals surface area contributed by atoms with Crippen molar-refractivity contribution in [2.24, 2.45) is 4.99 Å². The van der Waals surface area contributed by atoms with Gasteiger partial charge in [0.25, 0.3) is 5.56 Å². The minimum Gasteiger partial charge on any atom is -0.493 e. The topological polar surface area (TPSA) is 62.1 Å². The molecule has 2 aromatic carbocycles. The van der Waals surface area contributed by atoms with Crippen LogP contribution in [0.25, 0.3) is 6.08 Å². The van der Waals surface area contributed by atoms with Crippen LogP contribution in [-0.2, 0) is 0 Å². The molecule has 31 heavy (non-hydrogen) atoms. The zero-order chi connectivity index (χ0) is 21.8. The molecule has 2 bridgehead atoms. The molecule has 0 aliphatic carbocycles. The third-order valence-electron chi connectivity index (χ3n) is 5.36. The summed E-state index contributed by atoms with van der Waals surface area (Å²) in [6, 6.07) is 12.1. The maximum absolute atomic E-state index is 13.3. The van der Waals surface area contributed by atoms with Crippen LogP contribution in [-0.4, -0.2) is 24.0 Å². The number of hydrogen-bond acceptors (Lipinski definition) is 6. The van der Waals surface area contributed by atoms with Crippen LogP contribution in [0.1, 0.15) is 30.5 Å². The molecule has 0 saturated carbocycles. The zero-order valence-corrected chi connectivity index (χ0v) is 17.5. The Hall–Kier alpha value is -3.20. The number of rotatable bonds is 4. The van der Waals surface area contributed by atoms with E-state index in [1.54, 1.807) is 22.8 Å². The number of ether oxygens (including phenoxy) is 3. The molecule has 0 radical (unpaired) electrons. The number of nitrogens with zero attached hydrogens (tertiary/aromatic N) is 2. The van der Waals surface area contributed by atoms with Crippen molar-refractivity contribution in [3.8, 4) is 17.2 Å². The Kier molecular flexibility index (Phi) is 4.58. The van der Waals surface area contributed by atoms with Gasteiger partial charge < -0.3 is 14.2 Å². The summed E-state index contributed by atoms with van der Waals surface area (Å²) in [5, 5.41) is 0. The fraction of sp³-hybridized carbons (Fsp3) is 0.273. The van der Waals surface area contributed by atoms with Crippen LogP contribution in [0.3, 0.4) is 0 Å². The summed E-state index contributed by atoms with van der Waals surface area (Å²) in [4.78, 5) is 18.6. The number of thiazole rings is 1.